The number of carbonyl (C=O) groups is 2. The lowest BCUT2D eigenvalue weighted by atomic mass is 10.2. The smallest absolute Gasteiger partial charge is 0.407 e. The van der Waals surface area contributed by atoms with E-state index in [2.05, 4.69) is 20.7 Å². The summed E-state index contributed by atoms with van der Waals surface area (Å²) in [4.78, 5) is 26.4. The molecule has 3 N–H and O–H groups in total. The molecule has 0 aliphatic carbocycles. The third kappa shape index (κ3) is 5.87. The van der Waals surface area contributed by atoms with Gasteiger partial charge in [0.2, 0.25) is 0 Å². The minimum atomic E-state index is -1.21. The van der Waals surface area contributed by atoms with Crippen LogP contribution in [-0.4, -0.2) is 50.5 Å². The van der Waals surface area contributed by atoms with Gasteiger partial charge < -0.3 is 20.5 Å². The summed E-state index contributed by atoms with van der Waals surface area (Å²) in [5, 5.41) is 18.0. The number of hydrogen-bond acceptors (Lipinski definition) is 6. The van der Waals surface area contributed by atoms with Gasteiger partial charge in [0.1, 0.15) is 11.2 Å². The first-order chi connectivity index (χ1) is 12.2. The molecule has 0 bridgehead atoms. The zero-order valence-corrected chi connectivity index (χ0v) is 15.5. The van der Waals surface area contributed by atoms with Crippen LogP contribution in [0.25, 0.3) is 5.65 Å². The number of carboxylic acid groups (broad SMARTS) is 1. The number of alkyl carbamates (subject to hydrolysis) is 1. The molecule has 0 atom stereocenters. The van der Waals surface area contributed by atoms with Gasteiger partial charge in [0.05, 0.1) is 12.4 Å². The van der Waals surface area contributed by atoms with Crippen molar-refractivity contribution in [3.05, 3.63) is 23.8 Å². The van der Waals surface area contributed by atoms with Crippen molar-refractivity contribution >= 4 is 23.5 Å². The number of anilines is 1. The van der Waals surface area contributed by atoms with Gasteiger partial charge in [0, 0.05) is 13.1 Å². The van der Waals surface area contributed by atoms with E-state index in [1.165, 1.54) is 0 Å². The van der Waals surface area contributed by atoms with Crippen molar-refractivity contribution in [3.63, 3.8) is 0 Å². The number of nitrogens with zero attached hydrogens (tertiary/aromatic N) is 3. The number of carbonyl (C=O) groups excluding carboxylic acids is 1. The van der Waals surface area contributed by atoms with E-state index < -0.39 is 23.5 Å². The molecule has 0 saturated heterocycles. The first kappa shape index (κ1) is 21.1. The van der Waals surface area contributed by atoms with E-state index in [9.17, 15) is 14.0 Å². The van der Waals surface area contributed by atoms with Crippen molar-refractivity contribution in [2.75, 3.05) is 18.4 Å². The number of amides is 1. The maximum Gasteiger partial charge on any atom is 0.407 e. The molecule has 0 aliphatic heterocycles. The number of aromatic carboxylic acids is 1. The van der Waals surface area contributed by atoms with Crippen LogP contribution < -0.4 is 10.6 Å². The average molecular weight is 369 g/mol. The molecule has 2 aromatic heterocycles. The Hall–Kier alpha value is -2.91. The van der Waals surface area contributed by atoms with Crippen LogP contribution in [0, 0.1) is 5.82 Å². The van der Waals surface area contributed by atoms with Gasteiger partial charge in [-0.2, -0.15) is 5.10 Å². The lowest BCUT2D eigenvalue weighted by Gasteiger charge is -2.19. The highest BCUT2D eigenvalue weighted by Crippen LogP contribution is 2.15. The van der Waals surface area contributed by atoms with E-state index in [-0.39, 0.29) is 30.1 Å². The predicted octanol–water partition coefficient (Wildman–Crippen LogP) is 2.53. The Morgan fingerprint density at radius 2 is 1.96 bits per heavy atom. The summed E-state index contributed by atoms with van der Waals surface area (Å²) in [5.41, 5.74) is -0.720. The van der Waals surface area contributed by atoms with Crippen LogP contribution >= 0.6 is 0 Å². The summed E-state index contributed by atoms with van der Waals surface area (Å²) < 4.78 is 20.0. The Balaban J connectivity index is 0.00000163. The van der Waals surface area contributed by atoms with Gasteiger partial charge in [-0.1, -0.05) is 13.8 Å². The second-order valence-corrected chi connectivity index (χ2v) is 5.92. The zero-order valence-electron chi connectivity index (χ0n) is 15.5. The number of hydrogen-bond donors (Lipinski definition) is 3. The Bertz CT molecular complexity index is 770. The van der Waals surface area contributed by atoms with Crippen molar-refractivity contribution < 1.29 is 23.8 Å². The lowest BCUT2D eigenvalue weighted by molar-refractivity contribution is 0.0529. The number of halogens is 1. The first-order valence-electron chi connectivity index (χ1n) is 8.15. The largest absolute Gasteiger partial charge is 0.477 e. The lowest BCUT2D eigenvalue weighted by Crippen LogP contribution is -2.35. The molecule has 9 nitrogen and oxygen atoms in total. The fourth-order valence-corrected chi connectivity index (χ4v) is 1.82. The molecule has 2 rings (SSSR count). The molecule has 0 saturated carbocycles. The van der Waals surface area contributed by atoms with E-state index in [0.717, 1.165) is 16.9 Å². The van der Waals surface area contributed by atoms with Crippen molar-refractivity contribution in [1.29, 1.82) is 0 Å². The zero-order chi connectivity index (χ0) is 19.9. The fourth-order valence-electron chi connectivity index (χ4n) is 1.82. The summed E-state index contributed by atoms with van der Waals surface area (Å²) in [6.45, 7) is 9.57. The molecule has 0 fully saturated rings. The number of rotatable bonds is 5. The average Bonchev–Trinajstić information content (AvgIpc) is 2.94. The molecule has 0 aliphatic rings. The Morgan fingerprint density at radius 1 is 1.31 bits per heavy atom. The Kier molecular flexibility index (Phi) is 7.29. The van der Waals surface area contributed by atoms with Gasteiger partial charge in [0.15, 0.2) is 17.3 Å². The molecule has 2 heterocycles. The molecule has 144 valence electrons. The van der Waals surface area contributed by atoms with Gasteiger partial charge in [-0.25, -0.2) is 23.5 Å². The number of aromatic nitrogens is 3. The van der Waals surface area contributed by atoms with E-state index in [1.807, 2.05) is 13.8 Å². The SMILES string of the molecule is CC.CC(C)(C)OC(=O)NCCNc1nc2c(C(=O)O)cnn2cc1F. The third-order valence-corrected chi connectivity index (χ3v) is 2.76. The number of nitrogens with one attached hydrogen (secondary N) is 2. The minimum Gasteiger partial charge on any atom is -0.477 e. The maximum atomic E-state index is 13.9. The summed E-state index contributed by atoms with van der Waals surface area (Å²) >= 11 is 0. The second kappa shape index (κ2) is 8.97. The second-order valence-electron chi connectivity index (χ2n) is 5.92. The first-order valence-corrected chi connectivity index (χ1v) is 8.15. The molecule has 0 spiro atoms. The summed E-state index contributed by atoms with van der Waals surface area (Å²) in [6, 6.07) is 0. The standard InChI is InChI=1S/C14H18FN5O4.C2H6/c1-14(2,3)24-13(23)17-5-4-16-10-9(15)7-20-11(19-10)8(6-18-20)12(21)22;1-2/h6-7H,4-5H2,1-3H3,(H,16,19)(H,17,23)(H,21,22);1-2H3. The normalized spacial score (nSPS) is 10.7. The fraction of sp³-hybridized carbons (Fsp3) is 0.500. The maximum absolute atomic E-state index is 13.9. The van der Waals surface area contributed by atoms with Crippen LogP contribution in [0.3, 0.4) is 0 Å². The molecule has 10 heteroatoms. The van der Waals surface area contributed by atoms with Crippen LogP contribution in [0.1, 0.15) is 45.0 Å². The number of fused-ring (bicyclic) bond motifs is 1. The Labute approximate surface area is 150 Å². The summed E-state index contributed by atoms with van der Waals surface area (Å²) in [7, 11) is 0. The monoisotopic (exact) mass is 369 g/mol. The molecule has 26 heavy (non-hydrogen) atoms. The van der Waals surface area contributed by atoms with Gasteiger partial charge in [-0.05, 0) is 20.8 Å². The highest BCUT2D eigenvalue weighted by Gasteiger charge is 2.17. The van der Waals surface area contributed by atoms with E-state index in [0.29, 0.717) is 0 Å². The highest BCUT2D eigenvalue weighted by atomic mass is 19.1. The molecule has 0 aromatic carbocycles. The van der Waals surface area contributed by atoms with E-state index >= 15 is 0 Å². The number of ether oxygens (including phenoxy) is 1. The molecule has 1 amide bonds. The van der Waals surface area contributed by atoms with Crippen LogP contribution in [0.5, 0.6) is 0 Å². The predicted molar refractivity (Wildman–Crippen MR) is 94.0 cm³/mol. The molecule has 2 aromatic rings. The molecule has 0 unspecified atom stereocenters. The van der Waals surface area contributed by atoms with Gasteiger partial charge >= 0.3 is 12.1 Å². The quantitative estimate of drug-likeness (QED) is 0.693. The van der Waals surface area contributed by atoms with E-state index in [1.54, 1.807) is 20.8 Å². The highest BCUT2D eigenvalue weighted by molar-refractivity contribution is 5.94. The molecular formula is C16H24FN5O4. The van der Waals surface area contributed by atoms with Crippen molar-refractivity contribution in [2.45, 2.75) is 40.2 Å². The van der Waals surface area contributed by atoms with E-state index in [4.69, 9.17) is 9.84 Å². The van der Waals surface area contributed by atoms with Gasteiger partial charge in [-0.15, -0.1) is 0 Å². The van der Waals surface area contributed by atoms with Crippen molar-refractivity contribution in [2.24, 2.45) is 0 Å². The van der Waals surface area contributed by atoms with Crippen molar-refractivity contribution in [3.8, 4) is 0 Å². The number of carboxylic acids is 1. The summed E-state index contributed by atoms with van der Waals surface area (Å²) in [5.74, 6) is -2.03. The minimum absolute atomic E-state index is 0.0199. The topological polar surface area (TPSA) is 118 Å². The third-order valence-electron chi connectivity index (χ3n) is 2.76. The molecule has 0 radical (unpaired) electrons. The van der Waals surface area contributed by atoms with Crippen LogP contribution in [0.4, 0.5) is 15.0 Å². The van der Waals surface area contributed by atoms with Crippen molar-refractivity contribution in [1.82, 2.24) is 19.9 Å². The summed E-state index contributed by atoms with van der Waals surface area (Å²) in [6.07, 6.45) is 1.54. The molecular weight excluding hydrogens is 345 g/mol. The van der Waals surface area contributed by atoms with Gasteiger partial charge in [-0.3, -0.25) is 0 Å². The Morgan fingerprint density at radius 3 is 2.54 bits per heavy atom. The van der Waals surface area contributed by atoms with Crippen LogP contribution in [-0.2, 0) is 4.74 Å². The van der Waals surface area contributed by atoms with Crippen LogP contribution in [0.2, 0.25) is 0 Å². The van der Waals surface area contributed by atoms with Gasteiger partial charge in [0.25, 0.3) is 0 Å². The van der Waals surface area contributed by atoms with Crippen LogP contribution in [0.15, 0.2) is 12.4 Å².